The summed E-state index contributed by atoms with van der Waals surface area (Å²) >= 11 is 0. The van der Waals surface area contributed by atoms with Crippen LogP contribution in [-0.4, -0.2) is 12.2 Å². The first-order chi connectivity index (χ1) is 19.1. The van der Waals surface area contributed by atoms with Gasteiger partial charge in [-0.3, -0.25) is 0 Å². The minimum absolute atomic E-state index is 0.131. The van der Waals surface area contributed by atoms with Gasteiger partial charge in [-0.15, -0.1) is 0 Å². The maximum atomic E-state index is 13.6. The van der Waals surface area contributed by atoms with Crippen LogP contribution in [0.5, 0.6) is 11.5 Å². The van der Waals surface area contributed by atoms with Crippen LogP contribution in [-0.2, 0) is 0 Å². The van der Waals surface area contributed by atoms with Crippen molar-refractivity contribution in [2.24, 2.45) is 0 Å². The van der Waals surface area contributed by atoms with E-state index in [9.17, 15) is 9.59 Å². The highest BCUT2D eigenvalue weighted by Gasteiger charge is 2.26. The van der Waals surface area contributed by atoms with E-state index in [1.807, 2.05) is 121 Å². The Morgan fingerprint density at radius 3 is 1.21 bits per heavy atom. The zero-order valence-corrected chi connectivity index (χ0v) is 21.3. The van der Waals surface area contributed by atoms with Gasteiger partial charge in [-0.25, -0.2) is 19.4 Å². The molecule has 0 unspecified atom stereocenters. The van der Waals surface area contributed by atoms with Gasteiger partial charge < -0.3 is 9.47 Å². The van der Waals surface area contributed by atoms with Gasteiger partial charge in [-0.05, 0) is 67.1 Å². The Hall–Kier alpha value is -5.36. The maximum Gasteiger partial charge on any atom is 0.424 e. The molecule has 0 saturated carbocycles. The van der Waals surface area contributed by atoms with Gasteiger partial charge in [0.05, 0.1) is 22.7 Å². The summed E-state index contributed by atoms with van der Waals surface area (Å²) in [7, 11) is 0. The van der Waals surface area contributed by atoms with Crippen LogP contribution in [0.3, 0.4) is 0 Å². The lowest BCUT2D eigenvalue weighted by atomic mass is 10.2. The Kier molecular flexibility index (Phi) is 7.65. The smallest absolute Gasteiger partial charge is 0.406 e. The molecule has 6 nitrogen and oxygen atoms in total. The molecule has 6 heteroatoms. The number of hydrogen-bond donors (Lipinski definition) is 0. The number of para-hydroxylation sites is 5. The summed E-state index contributed by atoms with van der Waals surface area (Å²) in [4.78, 5) is 30.2. The Morgan fingerprint density at radius 1 is 0.462 bits per heavy atom. The van der Waals surface area contributed by atoms with Gasteiger partial charge in [0.1, 0.15) is 0 Å². The third kappa shape index (κ3) is 5.81. The van der Waals surface area contributed by atoms with E-state index < -0.39 is 12.2 Å². The highest BCUT2D eigenvalue weighted by Crippen LogP contribution is 2.35. The number of benzene rings is 5. The SMILES string of the molecule is Cc1cccc(OC(=O)N(c2ccccc2)c2ccccc2)c1OC(=O)N(c1ccccc1)c1ccccc1. The minimum Gasteiger partial charge on any atom is -0.406 e. The Bertz CT molecular complexity index is 1460. The number of rotatable bonds is 6. The second kappa shape index (κ2) is 11.8. The van der Waals surface area contributed by atoms with E-state index in [4.69, 9.17) is 9.47 Å². The molecule has 0 aliphatic heterocycles. The first-order valence-corrected chi connectivity index (χ1v) is 12.5. The van der Waals surface area contributed by atoms with Crippen LogP contribution in [0.1, 0.15) is 5.56 Å². The molecule has 0 aromatic heterocycles. The monoisotopic (exact) mass is 514 g/mol. The molecule has 0 saturated heterocycles. The topological polar surface area (TPSA) is 59.1 Å². The van der Waals surface area contributed by atoms with Crippen molar-refractivity contribution < 1.29 is 19.1 Å². The summed E-state index contributed by atoms with van der Waals surface area (Å²) < 4.78 is 11.8. The molecule has 0 spiro atoms. The van der Waals surface area contributed by atoms with Gasteiger partial charge in [-0.2, -0.15) is 0 Å². The fourth-order valence-electron chi connectivity index (χ4n) is 4.14. The molecule has 0 fully saturated rings. The third-order valence-corrected chi connectivity index (χ3v) is 5.99. The molecule has 5 rings (SSSR count). The minimum atomic E-state index is -0.640. The van der Waals surface area contributed by atoms with E-state index in [-0.39, 0.29) is 11.5 Å². The number of carbonyl (C=O) groups is 2. The van der Waals surface area contributed by atoms with Gasteiger partial charge in [0.2, 0.25) is 0 Å². The molecule has 0 radical (unpaired) electrons. The largest absolute Gasteiger partial charge is 0.424 e. The predicted octanol–water partition coefficient (Wildman–Crippen LogP) is 8.67. The molecule has 5 aromatic rings. The number of hydrogen-bond acceptors (Lipinski definition) is 4. The summed E-state index contributed by atoms with van der Waals surface area (Å²) in [6.45, 7) is 1.79. The molecule has 5 aromatic carbocycles. The Balaban J connectivity index is 1.47. The molecule has 0 aliphatic carbocycles. The molecular formula is C33H26N2O4. The van der Waals surface area contributed by atoms with E-state index in [2.05, 4.69) is 0 Å². The van der Waals surface area contributed by atoms with Crippen molar-refractivity contribution in [3.8, 4) is 11.5 Å². The van der Waals surface area contributed by atoms with Crippen molar-refractivity contribution >= 4 is 34.9 Å². The van der Waals surface area contributed by atoms with Crippen LogP contribution in [0.15, 0.2) is 140 Å². The summed E-state index contributed by atoms with van der Waals surface area (Å²) in [5.74, 6) is 0.292. The molecule has 0 aliphatic rings. The second-order valence-electron chi connectivity index (χ2n) is 8.65. The number of anilines is 4. The van der Waals surface area contributed by atoms with Crippen LogP contribution in [0.4, 0.5) is 32.3 Å². The average Bonchev–Trinajstić information content (AvgIpc) is 2.97. The van der Waals surface area contributed by atoms with Crippen molar-refractivity contribution in [1.82, 2.24) is 0 Å². The molecule has 0 heterocycles. The number of carbonyl (C=O) groups excluding carboxylic acids is 2. The quantitative estimate of drug-likeness (QED) is 0.227. The fourth-order valence-corrected chi connectivity index (χ4v) is 4.14. The number of amides is 2. The zero-order chi connectivity index (χ0) is 27.0. The highest BCUT2D eigenvalue weighted by atomic mass is 16.6. The highest BCUT2D eigenvalue weighted by molar-refractivity contribution is 5.99. The van der Waals surface area contributed by atoms with Crippen LogP contribution >= 0.6 is 0 Å². The van der Waals surface area contributed by atoms with Gasteiger partial charge in [0, 0.05) is 0 Å². The molecule has 39 heavy (non-hydrogen) atoms. The summed E-state index contributed by atoms with van der Waals surface area (Å²) in [6, 6.07) is 42.0. The number of ether oxygens (including phenoxy) is 2. The van der Waals surface area contributed by atoms with Gasteiger partial charge in [-0.1, -0.05) is 84.9 Å². The first-order valence-electron chi connectivity index (χ1n) is 12.5. The van der Waals surface area contributed by atoms with Crippen LogP contribution < -0.4 is 19.3 Å². The standard InChI is InChI=1S/C33H26N2O4/c1-25-15-14-24-30(38-32(36)34(26-16-6-2-7-17-26)27-18-8-3-9-19-27)31(25)39-33(37)35(28-20-10-4-11-21-28)29-22-12-5-13-23-29/h2-24H,1H3. The van der Waals surface area contributed by atoms with Gasteiger partial charge in [0.15, 0.2) is 11.5 Å². The van der Waals surface area contributed by atoms with Crippen molar-refractivity contribution in [3.63, 3.8) is 0 Å². The zero-order valence-electron chi connectivity index (χ0n) is 21.3. The maximum absolute atomic E-state index is 13.6. The molecule has 192 valence electrons. The lowest BCUT2D eigenvalue weighted by molar-refractivity contribution is 0.199. The van der Waals surface area contributed by atoms with Gasteiger partial charge >= 0.3 is 12.2 Å². The Labute approximate surface area is 227 Å². The Morgan fingerprint density at radius 2 is 0.821 bits per heavy atom. The van der Waals surface area contributed by atoms with Crippen molar-refractivity contribution in [2.45, 2.75) is 6.92 Å². The molecule has 0 N–H and O–H groups in total. The van der Waals surface area contributed by atoms with Crippen LogP contribution in [0.2, 0.25) is 0 Å². The summed E-state index contributed by atoms with van der Waals surface area (Å²) in [6.07, 6.45) is -1.28. The first kappa shape index (κ1) is 25.3. The van der Waals surface area contributed by atoms with E-state index in [0.29, 0.717) is 28.3 Å². The lowest BCUT2D eigenvalue weighted by Crippen LogP contribution is -2.31. The van der Waals surface area contributed by atoms with E-state index in [0.717, 1.165) is 0 Å². The van der Waals surface area contributed by atoms with Crippen LogP contribution in [0.25, 0.3) is 0 Å². The summed E-state index contributed by atoms with van der Waals surface area (Å²) in [5, 5.41) is 0. The van der Waals surface area contributed by atoms with Crippen molar-refractivity contribution in [1.29, 1.82) is 0 Å². The van der Waals surface area contributed by atoms with Gasteiger partial charge in [0.25, 0.3) is 0 Å². The third-order valence-electron chi connectivity index (χ3n) is 5.99. The van der Waals surface area contributed by atoms with E-state index >= 15 is 0 Å². The van der Waals surface area contributed by atoms with E-state index in [1.165, 1.54) is 9.80 Å². The van der Waals surface area contributed by atoms with E-state index in [1.54, 1.807) is 25.1 Å². The number of nitrogens with zero attached hydrogens (tertiary/aromatic N) is 2. The van der Waals surface area contributed by atoms with Crippen LogP contribution in [0, 0.1) is 6.92 Å². The lowest BCUT2D eigenvalue weighted by Gasteiger charge is -2.25. The predicted molar refractivity (Wildman–Crippen MR) is 153 cm³/mol. The fraction of sp³-hybridized carbons (Fsp3) is 0.0303. The van der Waals surface area contributed by atoms with Crippen molar-refractivity contribution in [2.75, 3.05) is 9.80 Å². The van der Waals surface area contributed by atoms with Crippen molar-refractivity contribution in [3.05, 3.63) is 145 Å². The summed E-state index contributed by atoms with van der Waals surface area (Å²) in [5.41, 5.74) is 3.19. The average molecular weight is 515 g/mol. The molecule has 0 bridgehead atoms. The molecule has 0 atom stereocenters. The molecule has 2 amide bonds. The molecular weight excluding hydrogens is 488 g/mol. The second-order valence-corrected chi connectivity index (χ2v) is 8.65. The number of aryl methyl sites for hydroxylation is 1. The normalized spacial score (nSPS) is 10.4.